The summed E-state index contributed by atoms with van der Waals surface area (Å²) in [5.74, 6) is 0.556. The predicted molar refractivity (Wildman–Crippen MR) is 62.8 cm³/mol. The summed E-state index contributed by atoms with van der Waals surface area (Å²) in [6.45, 7) is 3.44. The van der Waals surface area contributed by atoms with E-state index in [4.69, 9.17) is 0 Å². The third-order valence-corrected chi connectivity index (χ3v) is 3.14. The fourth-order valence-electron chi connectivity index (χ4n) is 1.98. The number of carbonyl (C=O) groups excluding carboxylic acids is 1. The number of unbranched alkanes of at least 4 members (excludes halogenated alkanes) is 1. The minimum absolute atomic E-state index is 0. The Morgan fingerprint density at radius 1 is 1.47 bits per heavy atom. The Balaban J connectivity index is 0.00000256. The molecule has 5 heteroatoms. The molecule has 1 heterocycles. The molecule has 1 amide bonds. The summed E-state index contributed by atoms with van der Waals surface area (Å²) in [5, 5.41) is 0. The van der Waals surface area contributed by atoms with Crippen molar-refractivity contribution in [2.45, 2.75) is 51.5 Å². The molecule has 3 nitrogen and oxygen atoms in total. The van der Waals surface area contributed by atoms with Crippen molar-refractivity contribution in [2.24, 2.45) is 4.99 Å². The van der Waals surface area contributed by atoms with Crippen molar-refractivity contribution < 1.29 is 60.6 Å². The molecular weight excluding hydrogens is 246 g/mol. The van der Waals surface area contributed by atoms with E-state index in [1.165, 1.54) is 4.90 Å². The summed E-state index contributed by atoms with van der Waals surface area (Å²) in [7, 11) is 3.71. The predicted octanol–water partition coefficient (Wildman–Crippen LogP) is -0.279. The number of carbonyl (C=O) groups is 1. The molecule has 1 rings (SSSR count). The maximum Gasteiger partial charge on any atom is 1.00 e. The van der Waals surface area contributed by atoms with Gasteiger partial charge in [-0.1, -0.05) is 20.3 Å². The van der Waals surface area contributed by atoms with Gasteiger partial charge in [-0.05, 0) is 12.8 Å². The second-order valence-electron chi connectivity index (χ2n) is 4.19. The zero-order valence-electron chi connectivity index (χ0n) is 11.1. The van der Waals surface area contributed by atoms with Crippen LogP contribution in [0, 0.1) is 7.05 Å². The van der Waals surface area contributed by atoms with Gasteiger partial charge in [0.15, 0.2) is 0 Å². The van der Waals surface area contributed by atoms with Gasteiger partial charge in [0.25, 0.3) is 0 Å². The topological polar surface area (TPSA) is 32.7 Å². The zero-order chi connectivity index (χ0) is 12.2. The standard InChI is InChI=1S/C12H20FN2O.K/c1-4-6-7-10-14-12(5-2,8-9-13)11(16)15(10)3;/h3-9H2,1-2H3;/q-1;+1. The Morgan fingerprint density at radius 2 is 2.12 bits per heavy atom. The number of amidine groups is 1. The van der Waals surface area contributed by atoms with Gasteiger partial charge in [0.1, 0.15) is 5.54 Å². The number of hydrogen-bond acceptors (Lipinski definition) is 2. The molecule has 0 N–H and O–H groups in total. The van der Waals surface area contributed by atoms with Gasteiger partial charge in [-0.2, -0.15) is 0 Å². The van der Waals surface area contributed by atoms with Gasteiger partial charge in [-0.3, -0.25) is 14.2 Å². The van der Waals surface area contributed by atoms with E-state index < -0.39 is 12.2 Å². The van der Waals surface area contributed by atoms with Gasteiger partial charge in [0, 0.05) is 12.8 Å². The molecule has 1 aliphatic heterocycles. The molecular formula is C12H20FKN2O. The largest absolute Gasteiger partial charge is 1.00 e. The normalized spacial score (nSPS) is 23.6. The molecule has 1 aliphatic rings. The monoisotopic (exact) mass is 266 g/mol. The molecule has 0 bridgehead atoms. The van der Waals surface area contributed by atoms with E-state index in [0.717, 1.165) is 19.3 Å². The van der Waals surface area contributed by atoms with Crippen molar-refractivity contribution in [3.8, 4) is 0 Å². The van der Waals surface area contributed by atoms with Crippen LogP contribution in [0.4, 0.5) is 4.39 Å². The van der Waals surface area contributed by atoms with Crippen molar-refractivity contribution in [2.75, 3.05) is 6.67 Å². The number of amides is 1. The van der Waals surface area contributed by atoms with Crippen molar-refractivity contribution >= 4 is 11.7 Å². The van der Waals surface area contributed by atoms with Crippen molar-refractivity contribution in [3.05, 3.63) is 7.05 Å². The zero-order valence-corrected chi connectivity index (χ0v) is 14.3. The first-order chi connectivity index (χ1) is 7.61. The van der Waals surface area contributed by atoms with Gasteiger partial charge in [0.05, 0.1) is 12.5 Å². The van der Waals surface area contributed by atoms with E-state index in [2.05, 4.69) is 19.0 Å². The summed E-state index contributed by atoms with van der Waals surface area (Å²) in [6, 6.07) is 0. The maximum absolute atomic E-state index is 12.5. The van der Waals surface area contributed by atoms with Crippen molar-refractivity contribution in [3.63, 3.8) is 0 Å². The average Bonchev–Trinajstić information content (AvgIpc) is 2.53. The van der Waals surface area contributed by atoms with Crippen LogP contribution in [0.1, 0.15) is 46.0 Å². The molecule has 1 atom stereocenters. The SMILES string of the molecule is [CH2-]N1C(=O)C(CC)(CCF)N=C1CCCC.[K+]. The Labute approximate surface area is 146 Å². The Bertz CT molecular complexity index is 296. The molecule has 92 valence electrons. The number of rotatable bonds is 6. The molecule has 0 fully saturated rings. The number of hydrogen-bond donors (Lipinski definition) is 0. The quantitative estimate of drug-likeness (QED) is 0.481. The molecule has 0 saturated heterocycles. The Morgan fingerprint density at radius 3 is 2.59 bits per heavy atom. The second-order valence-corrected chi connectivity index (χ2v) is 4.19. The van der Waals surface area contributed by atoms with E-state index in [-0.39, 0.29) is 63.7 Å². The molecule has 0 spiro atoms. The Kier molecular flexibility index (Phi) is 8.33. The van der Waals surface area contributed by atoms with Gasteiger partial charge >= 0.3 is 51.4 Å². The molecule has 0 aliphatic carbocycles. The van der Waals surface area contributed by atoms with E-state index in [0.29, 0.717) is 12.3 Å². The maximum atomic E-state index is 12.5. The molecule has 0 radical (unpaired) electrons. The molecule has 0 saturated carbocycles. The molecule has 0 aromatic carbocycles. The van der Waals surface area contributed by atoms with Crippen LogP contribution in [0.3, 0.4) is 0 Å². The molecule has 1 unspecified atom stereocenters. The van der Waals surface area contributed by atoms with Gasteiger partial charge in [-0.15, -0.1) is 0 Å². The van der Waals surface area contributed by atoms with Crippen LogP contribution in [0.2, 0.25) is 0 Å². The van der Waals surface area contributed by atoms with Crippen LogP contribution < -0.4 is 51.4 Å². The van der Waals surface area contributed by atoms with Crippen LogP contribution in [-0.4, -0.2) is 28.9 Å². The third kappa shape index (κ3) is 3.83. The van der Waals surface area contributed by atoms with E-state index in [9.17, 15) is 9.18 Å². The van der Waals surface area contributed by atoms with Gasteiger partial charge in [-0.25, -0.2) is 7.05 Å². The van der Waals surface area contributed by atoms with E-state index >= 15 is 0 Å². The van der Waals surface area contributed by atoms with E-state index in [1.807, 2.05) is 6.92 Å². The fraction of sp³-hybridized carbons (Fsp3) is 0.750. The number of alkyl halides is 1. The average molecular weight is 266 g/mol. The van der Waals surface area contributed by atoms with Crippen molar-refractivity contribution in [1.29, 1.82) is 0 Å². The van der Waals surface area contributed by atoms with Crippen LogP contribution in [-0.2, 0) is 4.79 Å². The van der Waals surface area contributed by atoms with E-state index in [1.54, 1.807) is 0 Å². The molecule has 17 heavy (non-hydrogen) atoms. The second kappa shape index (κ2) is 7.99. The summed E-state index contributed by atoms with van der Waals surface area (Å²) in [5.41, 5.74) is -0.875. The van der Waals surface area contributed by atoms with Crippen LogP contribution in [0.5, 0.6) is 0 Å². The number of halogens is 1. The fourth-order valence-corrected chi connectivity index (χ4v) is 1.98. The minimum atomic E-state index is -0.875. The van der Waals surface area contributed by atoms with Crippen LogP contribution >= 0.6 is 0 Å². The smallest absolute Gasteiger partial charge is 0.454 e. The minimum Gasteiger partial charge on any atom is -0.454 e. The third-order valence-electron chi connectivity index (χ3n) is 3.14. The number of nitrogens with zero attached hydrogens (tertiary/aromatic N) is 2. The molecule has 0 aromatic rings. The van der Waals surface area contributed by atoms with Gasteiger partial charge < -0.3 is 4.90 Å². The summed E-state index contributed by atoms with van der Waals surface area (Å²) < 4.78 is 12.5. The van der Waals surface area contributed by atoms with Gasteiger partial charge in [0.2, 0.25) is 5.91 Å². The number of aliphatic imine (C=N–C) groups is 1. The summed E-state index contributed by atoms with van der Waals surface area (Å²) in [6.07, 6.45) is 3.48. The first-order valence-corrected chi connectivity index (χ1v) is 5.91. The first-order valence-electron chi connectivity index (χ1n) is 5.91. The van der Waals surface area contributed by atoms with Crippen molar-refractivity contribution in [1.82, 2.24) is 4.90 Å². The summed E-state index contributed by atoms with van der Waals surface area (Å²) >= 11 is 0. The Hall–Kier alpha value is 0.706. The van der Waals surface area contributed by atoms with Crippen LogP contribution in [0.25, 0.3) is 0 Å². The molecule has 0 aromatic heterocycles. The first kappa shape index (κ1) is 17.7. The van der Waals surface area contributed by atoms with Crippen LogP contribution in [0.15, 0.2) is 4.99 Å². The summed E-state index contributed by atoms with van der Waals surface area (Å²) in [4.78, 5) is 17.8.